The van der Waals surface area contributed by atoms with Crippen LogP contribution in [0.1, 0.15) is 42.7 Å². The molecular weight excluding hydrogens is 234 g/mol. The van der Waals surface area contributed by atoms with Gasteiger partial charge in [-0.15, -0.1) is 11.3 Å². The van der Waals surface area contributed by atoms with Gasteiger partial charge in [0.2, 0.25) is 5.91 Å². The smallest absolute Gasteiger partial charge is 0.223 e. The summed E-state index contributed by atoms with van der Waals surface area (Å²) in [5.41, 5.74) is 1.33. The second kappa shape index (κ2) is 5.65. The van der Waals surface area contributed by atoms with E-state index in [4.69, 9.17) is 5.11 Å². The minimum atomic E-state index is 0.0973. The van der Waals surface area contributed by atoms with Gasteiger partial charge in [0.05, 0.1) is 6.04 Å². The molecule has 1 aromatic heterocycles. The second-order valence-electron chi connectivity index (χ2n) is 4.39. The highest BCUT2D eigenvalue weighted by Crippen LogP contribution is 2.35. The topological polar surface area (TPSA) is 40.5 Å². The number of thiophene rings is 1. The van der Waals surface area contributed by atoms with Gasteiger partial charge in [0.15, 0.2) is 0 Å². The van der Waals surface area contributed by atoms with Gasteiger partial charge in [0.25, 0.3) is 0 Å². The first-order valence-electron chi connectivity index (χ1n) is 6.24. The zero-order valence-corrected chi connectivity index (χ0v) is 11.0. The first-order valence-corrected chi connectivity index (χ1v) is 7.12. The molecule has 2 heterocycles. The first kappa shape index (κ1) is 12.6. The van der Waals surface area contributed by atoms with Crippen LogP contribution in [0.5, 0.6) is 0 Å². The highest BCUT2D eigenvalue weighted by atomic mass is 32.1. The summed E-state index contributed by atoms with van der Waals surface area (Å²) in [5, 5.41) is 10.9. The molecule has 0 bridgehead atoms. The Bertz CT molecular complexity index is 389. The molecule has 0 saturated heterocycles. The number of carbonyl (C=O) groups excluding carboxylic acids is 1. The van der Waals surface area contributed by atoms with Crippen LogP contribution in [0.2, 0.25) is 0 Å². The molecule has 4 heteroatoms. The Morgan fingerprint density at radius 3 is 3.18 bits per heavy atom. The Hall–Kier alpha value is -0.870. The maximum Gasteiger partial charge on any atom is 0.223 e. The summed E-state index contributed by atoms with van der Waals surface area (Å²) in [6, 6.07) is 2.40. The molecule has 1 atom stereocenters. The van der Waals surface area contributed by atoms with Crippen molar-refractivity contribution >= 4 is 17.2 Å². The van der Waals surface area contributed by atoms with Gasteiger partial charge in [-0.25, -0.2) is 0 Å². The van der Waals surface area contributed by atoms with Crippen molar-refractivity contribution in [3.05, 3.63) is 21.9 Å². The Morgan fingerprint density at radius 1 is 1.65 bits per heavy atom. The number of fused-ring (bicyclic) bond motifs is 1. The summed E-state index contributed by atoms with van der Waals surface area (Å²) in [5.74, 6) is 0.183. The monoisotopic (exact) mass is 253 g/mol. The summed E-state index contributed by atoms with van der Waals surface area (Å²) in [7, 11) is 0. The fourth-order valence-electron chi connectivity index (χ4n) is 2.51. The predicted molar refractivity (Wildman–Crippen MR) is 69.1 cm³/mol. The molecule has 1 aliphatic rings. The standard InChI is InChI=1S/C13H19NO2S/c1-2-11-10-6-9-17-12(10)5-7-14(11)13(16)4-3-8-15/h6,9,11,15H,2-5,7-8H2,1H3. The number of hydrogen-bond donors (Lipinski definition) is 1. The van der Waals surface area contributed by atoms with Crippen molar-refractivity contribution in [2.24, 2.45) is 0 Å². The van der Waals surface area contributed by atoms with E-state index in [9.17, 15) is 4.79 Å². The summed E-state index contributed by atoms with van der Waals surface area (Å²) < 4.78 is 0. The van der Waals surface area contributed by atoms with Crippen molar-refractivity contribution in [3.8, 4) is 0 Å². The van der Waals surface area contributed by atoms with Crippen molar-refractivity contribution in [2.45, 2.75) is 38.6 Å². The second-order valence-corrected chi connectivity index (χ2v) is 5.39. The molecule has 0 fully saturated rings. The maximum absolute atomic E-state index is 12.1. The molecule has 0 aliphatic carbocycles. The van der Waals surface area contributed by atoms with Gasteiger partial charge in [-0.2, -0.15) is 0 Å². The van der Waals surface area contributed by atoms with Gasteiger partial charge < -0.3 is 10.0 Å². The Balaban J connectivity index is 2.12. The van der Waals surface area contributed by atoms with Crippen LogP contribution in [-0.4, -0.2) is 29.1 Å². The van der Waals surface area contributed by atoms with Crippen LogP contribution >= 0.6 is 11.3 Å². The Morgan fingerprint density at radius 2 is 2.47 bits per heavy atom. The van der Waals surface area contributed by atoms with E-state index in [0.717, 1.165) is 19.4 Å². The SMILES string of the molecule is CCC1c2ccsc2CCN1C(=O)CCCO. The van der Waals surface area contributed by atoms with E-state index in [1.54, 1.807) is 11.3 Å². The lowest BCUT2D eigenvalue weighted by atomic mass is 9.97. The minimum absolute atomic E-state index is 0.0973. The molecule has 1 unspecified atom stereocenters. The first-order chi connectivity index (χ1) is 8.27. The van der Waals surface area contributed by atoms with Gasteiger partial charge >= 0.3 is 0 Å². The van der Waals surface area contributed by atoms with Gasteiger partial charge in [0.1, 0.15) is 0 Å². The quantitative estimate of drug-likeness (QED) is 0.895. The van der Waals surface area contributed by atoms with E-state index < -0.39 is 0 Å². The Labute approximate surface area is 106 Å². The zero-order chi connectivity index (χ0) is 12.3. The molecule has 3 nitrogen and oxygen atoms in total. The molecule has 0 aromatic carbocycles. The summed E-state index contributed by atoms with van der Waals surface area (Å²) in [6.45, 7) is 3.06. The van der Waals surface area contributed by atoms with E-state index in [1.807, 2.05) is 4.90 Å². The molecule has 1 amide bonds. The maximum atomic E-state index is 12.1. The van der Waals surface area contributed by atoms with Crippen LogP contribution in [0.4, 0.5) is 0 Å². The van der Waals surface area contributed by atoms with Crippen molar-refractivity contribution in [2.75, 3.05) is 13.2 Å². The van der Waals surface area contributed by atoms with E-state index in [1.165, 1.54) is 10.4 Å². The fraction of sp³-hybridized carbons (Fsp3) is 0.615. The number of aliphatic hydroxyl groups excluding tert-OH is 1. The third-order valence-electron chi connectivity index (χ3n) is 3.35. The largest absolute Gasteiger partial charge is 0.396 e. The van der Waals surface area contributed by atoms with Gasteiger partial charge in [-0.1, -0.05) is 6.92 Å². The average molecular weight is 253 g/mol. The lowest BCUT2D eigenvalue weighted by Crippen LogP contribution is -2.39. The molecule has 2 rings (SSSR count). The van der Waals surface area contributed by atoms with Crippen molar-refractivity contribution in [1.29, 1.82) is 0 Å². The summed E-state index contributed by atoms with van der Waals surface area (Å²) in [6.07, 6.45) is 2.98. The highest BCUT2D eigenvalue weighted by molar-refractivity contribution is 7.10. The van der Waals surface area contributed by atoms with Crippen molar-refractivity contribution in [3.63, 3.8) is 0 Å². The lowest BCUT2D eigenvalue weighted by molar-refractivity contribution is -0.134. The number of carbonyl (C=O) groups is 1. The molecule has 1 aromatic rings. The van der Waals surface area contributed by atoms with Gasteiger partial charge in [0, 0.05) is 24.4 Å². The number of rotatable bonds is 4. The molecule has 0 saturated carbocycles. The van der Waals surface area contributed by atoms with Crippen LogP contribution in [0.25, 0.3) is 0 Å². The molecular formula is C13H19NO2S. The minimum Gasteiger partial charge on any atom is -0.396 e. The molecule has 0 radical (unpaired) electrons. The molecule has 0 spiro atoms. The number of aliphatic hydroxyl groups is 1. The van der Waals surface area contributed by atoms with Crippen molar-refractivity contribution < 1.29 is 9.90 Å². The van der Waals surface area contributed by atoms with Crippen LogP contribution < -0.4 is 0 Å². The van der Waals surface area contributed by atoms with Gasteiger partial charge in [-0.3, -0.25) is 4.79 Å². The number of amides is 1. The zero-order valence-electron chi connectivity index (χ0n) is 10.2. The molecule has 1 N–H and O–H groups in total. The Kier molecular flexibility index (Phi) is 4.18. The summed E-state index contributed by atoms with van der Waals surface area (Å²) >= 11 is 1.80. The van der Waals surface area contributed by atoms with Crippen LogP contribution in [0, 0.1) is 0 Å². The molecule has 94 valence electrons. The van der Waals surface area contributed by atoms with E-state index in [0.29, 0.717) is 12.8 Å². The summed E-state index contributed by atoms with van der Waals surface area (Å²) in [4.78, 5) is 15.5. The van der Waals surface area contributed by atoms with E-state index in [2.05, 4.69) is 18.4 Å². The van der Waals surface area contributed by atoms with Gasteiger partial charge in [-0.05, 0) is 36.3 Å². The van der Waals surface area contributed by atoms with Crippen LogP contribution in [0.15, 0.2) is 11.4 Å². The molecule has 17 heavy (non-hydrogen) atoms. The molecule has 1 aliphatic heterocycles. The van der Waals surface area contributed by atoms with E-state index >= 15 is 0 Å². The normalized spacial score (nSPS) is 19.2. The van der Waals surface area contributed by atoms with E-state index in [-0.39, 0.29) is 18.6 Å². The van der Waals surface area contributed by atoms with Crippen molar-refractivity contribution in [1.82, 2.24) is 4.90 Å². The van der Waals surface area contributed by atoms with Crippen LogP contribution in [0.3, 0.4) is 0 Å². The highest BCUT2D eigenvalue weighted by Gasteiger charge is 2.29. The lowest BCUT2D eigenvalue weighted by Gasteiger charge is -2.35. The number of hydrogen-bond acceptors (Lipinski definition) is 3. The third kappa shape index (κ3) is 2.53. The van der Waals surface area contributed by atoms with Crippen LogP contribution in [-0.2, 0) is 11.2 Å². The number of nitrogens with zero attached hydrogens (tertiary/aromatic N) is 1. The fourth-order valence-corrected chi connectivity index (χ4v) is 3.44. The average Bonchev–Trinajstić information content (AvgIpc) is 2.82. The predicted octanol–water partition coefficient (Wildman–Crippen LogP) is 2.36. The third-order valence-corrected chi connectivity index (χ3v) is 4.35.